The van der Waals surface area contributed by atoms with Gasteiger partial charge in [-0.1, -0.05) is 24.9 Å². The molecular weight excluding hydrogens is 314 g/mol. The average molecular weight is 338 g/mol. The Labute approximate surface area is 142 Å². The molecule has 2 rings (SSSR count). The van der Waals surface area contributed by atoms with Gasteiger partial charge >= 0.3 is 0 Å². The molecule has 1 saturated carbocycles. The van der Waals surface area contributed by atoms with Crippen LogP contribution in [0.2, 0.25) is 5.02 Å². The zero-order valence-corrected chi connectivity index (χ0v) is 14.2. The van der Waals surface area contributed by atoms with Gasteiger partial charge in [0.25, 0.3) is 5.91 Å². The summed E-state index contributed by atoms with van der Waals surface area (Å²) >= 11 is 6.02. The summed E-state index contributed by atoms with van der Waals surface area (Å²) < 4.78 is 0. The average Bonchev–Trinajstić information content (AvgIpc) is 2.52. The number of carbonyl (C=O) groups is 2. The van der Waals surface area contributed by atoms with Gasteiger partial charge in [0.2, 0.25) is 5.91 Å². The molecule has 1 aromatic carbocycles. The van der Waals surface area contributed by atoms with Crippen molar-refractivity contribution in [2.45, 2.75) is 45.1 Å². The van der Waals surface area contributed by atoms with Gasteiger partial charge in [0.1, 0.15) is 0 Å². The van der Waals surface area contributed by atoms with E-state index in [1.165, 1.54) is 0 Å². The standard InChI is InChI=1S/C17H24ClN3O2/c1-2-8-20-17(23)14-7-6-12(18)10-15(14)21-16(22)11-4-3-5-13(19)9-11/h6-7,10-11,13H,2-5,8-9,19H2,1H3,(H,20,23)(H,21,22). The van der Waals surface area contributed by atoms with Crippen LogP contribution in [0.25, 0.3) is 0 Å². The largest absolute Gasteiger partial charge is 0.352 e. The molecule has 0 saturated heterocycles. The number of nitrogens with one attached hydrogen (secondary N) is 2. The number of nitrogens with two attached hydrogens (primary N) is 1. The van der Waals surface area contributed by atoms with Crippen LogP contribution < -0.4 is 16.4 Å². The van der Waals surface area contributed by atoms with Crippen molar-refractivity contribution in [3.8, 4) is 0 Å². The summed E-state index contributed by atoms with van der Waals surface area (Å²) in [7, 11) is 0. The predicted octanol–water partition coefficient (Wildman–Crippen LogP) is 2.94. The highest BCUT2D eigenvalue weighted by Gasteiger charge is 2.26. The number of amides is 2. The normalized spacial score (nSPS) is 20.8. The molecule has 0 spiro atoms. The van der Waals surface area contributed by atoms with Crippen molar-refractivity contribution < 1.29 is 9.59 Å². The molecular formula is C17H24ClN3O2. The number of benzene rings is 1. The van der Waals surface area contributed by atoms with Crippen molar-refractivity contribution in [1.29, 1.82) is 0 Å². The molecule has 1 aliphatic rings. The molecule has 0 heterocycles. The lowest BCUT2D eigenvalue weighted by Gasteiger charge is -2.26. The molecule has 6 heteroatoms. The Morgan fingerprint density at radius 3 is 2.83 bits per heavy atom. The van der Waals surface area contributed by atoms with Crippen LogP contribution in [0.1, 0.15) is 49.4 Å². The van der Waals surface area contributed by atoms with Crippen molar-refractivity contribution in [2.24, 2.45) is 11.7 Å². The van der Waals surface area contributed by atoms with Gasteiger partial charge in [-0.25, -0.2) is 0 Å². The minimum atomic E-state index is -0.209. The highest BCUT2D eigenvalue weighted by Crippen LogP contribution is 2.26. The van der Waals surface area contributed by atoms with Crippen LogP contribution in [0.15, 0.2) is 18.2 Å². The monoisotopic (exact) mass is 337 g/mol. The lowest BCUT2D eigenvalue weighted by Crippen LogP contribution is -2.34. The molecule has 2 atom stereocenters. The first-order chi connectivity index (χ1) is 11.0. The topological polar surface area (TPSA) is 84.2 Å². The zero-order valence-electron chi connectivity index (χ0n) is 13.4. The Hall–Kier alpha value is -1.59. The van der Waals surface area contributed by atoms with E-state index in [1.807, 2.05) is 6.92 Å². The van der Waals surface area contributed by atoms with Gasteiger partial charge in [-0.05, 0) is 43.9 Å². The third-order valence-electron chi connectivity index (χ3n) is 4.11. The second-order valence-electron chi connectivity index (χ2n) is 6.06. The molecule has 0 aliphatic heterocycles. The summed E-state index contributed by atoms with van der Waals surface area (Å²) in [6, 6.07) is 4.97. The fraction of sp³-hybridized carbons (Fsp3) is 0.529. The van der Waals surface area contributed by atoms with Crippen molar-refractivity contribution in [2.75, 3.05) is 11.9 Å². The Kier molecular flexibility index (Phi) is 6.42. The highest BCUT2D eigenvalue weighted by molar-refractivity contribution is 6.31. The first-order valence-corrected chi connectivity index (χ1v) is 8.53. The molecule has 0 bridgehead atoms. The van der Waals surface area contributed by atoms with Crippen LogP contribution >= 0.6 is 11.6 Å². The van der Waals surface area contributed by atoms with Crippen LogP contribution in [-0.2, 0) is 4.79 Å². The Balaban J connectivity index is 2.12. The molecule has 1 aromatic rings. The van der Waals surface area contributed by atoms with E-state index in [4.69, 9.17) is 17.3 Å². The summed E-state index contributed by atoms with van der Waals surface area (Å²) in [6.45, 7) is 2.57. The number of hydrogen-bond donors (Lipinski definition) is 3. The third kappa shape index (κ3) is 4.94. The number of halogens is 1. The van der Waals surface area contributed by atoms with Crippen LogP contribution in [-0.4, -0.2) is 24.4 Å². The van der Waals surface area contributed by atoms with Gasteiger partial charge in [0, 0.05) is 23.5 Å². The first-order valence-electron chi connectivity index (χ1n) is 8.15. The second kappa shape index (κ2) is 8.31. The zero-order chi connectivity index (χ0) is 16.8. The SMILES string of the molecule is CCCNC(=O)c1ccc(Cl)cc1NC(=O)C1CCCC(N)C1. The maximum atomic E-state index is 12.5. The molecule has 1 aliphatic carbocycles. The molecule has 2 amide bonds. The van der Waals surface area contributed by atoms with Gasteiger partial charge in [0.05, 0.1) is 11.3 Å². The van der Waals surface area contributed by atoms with Gasteiger partial charge in [-0.2, -0.15) is 0 Å². The fourth-order valence-electron chi connectivity index (χ4n) is 2.85. The summed E-state index contributed by atoms with van der Waals surface area (Å²) in [4.78, 5) is 24.7. The second-order valence-corrected chi connectivity index (χ2v) is 6.50. The highest BCUT2D eigenvalue weighted by atomic mass is 35.5. The quantitative estimate of drug-likeness (QED) is 0.772. The van der Waals surface area contributed by atoms with Crippen molar-refractivity contribution in [3.05, 3.63) is 28.8 Å². The minimum absolute atomic E-state index is 0.0752. The number of rotatable bonds is 5. The fourth-order valence-corrected chi connectivity index (χ4v) is 3.02. The smallest absolute Gasteiger partial charge is 0.253 e. The van der Waals surface area contributed by atoms with E-state index >= 15 is 0 Å². The Bertz CT molecular complexity index is 577. The summed E-state index contributed by atoms with van der Waals surface area (Å²) in [6.07, 6.45) is 4.28. The predicted molar refractivity (Wildman–Crippen MR) is 92.6 cm³/mol. The molecule has 23 heavy (non-hydrogen) atoms. The van der Waals surface area contributed by atoms with Crippen molar-refractivity contribution in [1.82, 2.24) is 5.32 Å². The van der Waals surface area contributed by atoms with E-state index < -0.39 is 0 Å². The maximum absolute atomic E-state index is 12.5. The van der Waals surface area contributed by atoms with Crippen molar-refractivity contribution in [3.63, 3.8) is 0 Å². The van der Waals surface area contributed by atoms with Crippen LogP contribution in [0.4, 0.5) is 5.69 Å². The molecule has 4 N–H and O–H groups in total. The number of hydrogen-bond acceptors (Lipinski definition) is 3. The van der Waals surface area contributed by atoms with E-state index in [0.29, 0.717) is 29.2 Å². The number of carbonyl (C=O) groups excluding carboxylic acids is 2. The molecule has 0 radical (unpaired) electrons. The summed E-state index contributed by atoms with van der Waals surface area (Å²) in [5.74, 6) is -0.407. The van der Waals surface area contributed by atoms with Crippen LogP contribution in [0, 0.1) is 5.92 Å². The first kappa shape index (κ1) is 17.8. The number of anilines is 1. The van der Waals surface area contributed by atoms with E-state index in [9.17, 15) is 9.59 Å². The van der Waals surface area contributed by atoms with E-state index in [2.05, 4.69) is 10.6 Å². The summed E-state index contributed by atoms with van der Waals surface area (Å²) in [5.41, 5.74) is 6.83. The van der Waals surface area contributed by atoms with Crippen LogP contribution in [0.3, 0.4) is 0 Å². The molecule has 0 aromatic heterocycles. The maximum Gasteiger partial charge on any atom is 0.253 e. The van der Waals surface area contributed by atoms with Gasteiger partial charge in [-0.15, -0.1) is 0 Å². The molecule has 2 unspecified atom stereocenters. The van der Waals surface area contributed by atoms with E-state index in [1.54, 1.807) is 18.2 Å². The Morgan fingerprint density at radius 2 is 2.13 bits per heavy atom. The molecule has 5 nitrogen and oxygen atoms in total. The lowest BCUT2D eigenvalue weighted by molar-refractivity contribution is -0.120. The molecule has 126 valence electrons. The van der Waals surface area contributed by atoms with Crippen LogP contribution in [0.5, 0.6) is 0 Å². The lowest BCUT2D eigenvalue weighted by atomic mass is 9.85. The molecule has 1 fully saturated rings. The van der Waals surface area contributed by atoms with Gasteiger partial charge in [0.15, 0.2) is 0 Å². The van der Waals surface area contributed by atoms with Gasteiger partial charge in [-0.3, -0.25) is 9.59 Å². The van der Waals surface area contributed by atoms with E-state index in [-0.39, 0.29) is 23.8 Å². The van der Waals surface area contributed by atoms with Crippen molar-refractivity contribution >= 4 is 29.1 Å². The summed E-state index contributed by atoms with van der Waals surface area (Å²) in [5, 5.41) is 6.15. The third-order valence-corrected chi connectivity index (χ3v) is 4.34. The van der Waals surface area contributed by atoms with Gasteiger partial charge < -0.3 is 16.4 Å². The Morgan fingerprint density at radius 1 is 1.35 bits per heavy atom. The van der Waals surface area contributed by atoms with E-state index in [0.717, 1.165) is 25.7 Å². The minimum Gasteiger partial charge on any atom is -0.352 e.